The highest BCUT2D eigenvalue weighted by Gasteiger charge is 2.17. The third kappa shape index (κ3) is 6.84. The van der Waals surface area contributed by atoms with Gasteiger partial charge >= 0.3 is 0 Å². The van der Waals surface area contributed by atoms with Crippen LogP contribution >= 0.6 is 0 Å². The number of rotatable bonds is 8. The van der Waals surface area contributed by atoms with Gasteiger partial charge in [-0.05, 0) is 52.8 Å². The smallest absolute Gasteiger partial charge is 0.242 e. The van der Waals surface area contributed by atoms with Crippen LogP contribution in [0.1, 0.15) is 30.5 Å². The highest BCUT2D eigenvalue weighted by molar-refractivity contribution is 5.94. The van der Waals surface area contributed by atoms with Crippen molar-refractivity contribution < 1.29 is 14.4 Å². The number of carbonyl (C=O) groups excluding carboxylic acids is 3. The molecule has 0 bridgehead atoms. The summed E-state index contributed by atoms with van der Waals surface area (Å²) in [5.74, 6) is -0.722. The number of anilines is 1. The number of carbonyl (C=O) groups is 3. The molecule has 3 amide bonds. The molecule has 1 rings (SSSR count). The zero-order valence-corrected chi connectivity index (χ0v) is 16.5. The summed E-state index contributed by atoms with van der Waals surface area (Å²) in [6.45, 7) is 9.98. The quantitative estimate of drug-likeness (QED) is 0.646. The van der Waals surface area contributed by atoms with E-state index in [0.717, 1.165) is 22.4 Å². The maximum Gasteiger partial charge on any atom is 0.242 e. The monoisotopic (exact) mass is 362 g/mol. The molecule has 7 heteroatoms. The fourth-order valence-corrected chi connectivity index (χ4v) is 2.78. The fraction of sp³-hybridized carbons (Fsp3) is 0.526. The van der Waals surface area contributed by atoms with Crippen LogP contribution in [0.5, 0.6) is 0 Å². The van der Waals surface area contributed by atoms with Crippen molar-refractivity contribution in [2.75, 3.05) is 32.0 Å². The van der Waals surface area contributed by atoms with Crippen molar-refractivity contribution >= 4 is 23.4 Å². The van der Waals surface area contributed by atoms with Gasteiger partial charge in [-0.1, -0.05) is 17.7 Å². The molecule has 0 aliphatic heterocycles. The van der Waals surface area contributed by atoms with Crippen molar-refractivity contribution in [3.63, 3.8) is 0 Å². The minimum absolute atomic E-state index is 0.0308. The molecule has 1 atom stereocenters. The molecule has 0 spiro atoms. The van der Waals surface area contributed by atoms with E-state index in [0.29, 0.717) is 6.54 Å². The fourth-order valence-electron chi connectivity index (χ4n) is 2.78. The van der Waals surface area contributed by atoms with Gasteiger partial charge in [0, 0.05) is 12.2 Å². The lowest BCUT2D eigenvalue weighted by Crippen LogP contribution is -2.48. The van der Waals surface area contributed by atoms with Gasteiger partial charge in [0.2, 0.25) is 17.7 Å². The number of nitrogens with zero attached hydrogens (tertiary/aromatic N) is 1. The molecule has 26 heavy (non-hydrogen) atoms. The van der Waals surface area contributed by atoms with Gasteiger partial charge in [0.15, 0.2) is 0 Å². The molecule has 1 aromatic rings. The molecular formula is C19H30N4O3. The van der Waals surface area contributed by atoms with Gasteiger partial charge < -0.3 is 16.0 Å². The maximum atomic E-state index is 12.3. The van der Waals surface area contributed by atoms with Crippen molar-refractivity contribution in [3.05, 3.63) is 28.8 Å². The Morgan fingerprint density at radius 1 is 1.04 bits per heavy atom. The van der Waals surface area contributed by atoms with Gasteiger partial charge in [-0.15, -0.1) is 0 Å². The van der Waals surface area contributed by atoms with Crippen LogP contribution in [-0.2, 0) is 14.4 Å². The van der Waals surface area contributed by atoms with Crippen molar-refractivity contribution in [1.29, 1.82) is 0 Å². The Balaban J connectivity index is 2.52. The Morgan fingerprint density at radius 2 is 1.58 bits per heavy atom. The normalized spacial score (nSPS) is 11.8. The molecule has 0 saturated carbocycles. The zero-order valence-electron chi connectivity index (χ0n) is 16.5. The largest absolute Gasteiger partial charge is 0.355 e. The van der Waals surface area contributed by atoms with Crippen molar-refractivity contribution in [3.8, 4) is 0 Å². The summed E-state index contributed by atoms with van der Waals surface area (Å²) >= 11 is 0. The van der Waals surface area contributed by atoms with E-state index in [4.69, 9.17) is 0 Å². The number of amides is 3. The van der Waals surface area contributed by atoms with Gasteiger partial charge in [0.1, 0.15) is 6.04 Å². The van der Waals surface area contributed by atoms with Crippen LogP contribution in [0.3, 0.4) is 0 Å². The molecule has 0 aliphatic carbocycles. The second kappa shape index (κ2) is 9.91. The first-order valence-corrected chi connectivity index (χ1v) is 8.77. The minimum Gasteiger partial charge on any atom is -0.355 e. The number of hydrogen-bond acceptors (Lipinski definition) is 4. The summed E-state index contributed by atoms with van der Waals surface area (Å²) in [6.07, 6.45) is 0. The summed E-state index contributed by atoms with van der Waals surface area (Å²) in [5.41, 5.74) is 3.97. The van der Waals surface area contributed by atoms with E-state index in [1.165, 1.54) is 0 Å². The molecule has 144 valence electrons. The highest BCUT2D eigenvalue weighted by atomic mass is 16.2. The van der Waals surface area contributed by atoms with Crippen LogP contribution in [-0.4, -0.2) is 55.3 Å². The van der Waals surface area contributed by atoms with E-state index in [-0.39, 0.29) is 30.8 Å². The summed E-state index contributed by atoms with van der Waals surface area (Å²) in [7, 11) is 1.69. The lowest BCUT2D eigenvalue weighted by Gasteiger charge is -2.19. The Labute approximate surface area is 155 Å². The number of benzene rings is 1. The van der Waals surface area contributed by atoms with E-state index in [1.54, 1.807) is 18.9 Å². The van der Waals surface area contributed by atoms with Crippen LogP contribution in [0.15, 0.2) is 12.1 Å². The SMILES string of the molecule is CCNC(=O)[C@H](C)NC(=O)CN(C)CC(=O)Nc1c(C)cc(C)cc1C. The van der Waals surface area contributed by atoms with E-state index < -0.39 is 6.04 Å². The number of hydrogen-bond donors (Lipinski definition) is 3. The number of likely N-dealkylation sites (N-methyl/N-ethyl adjacent to an activating group) is 2. The van der Waals surface area contributed by atoms with Crippen molar-refractivity contribution in [2.45, 2.75) is 40.7 Å². The zero-order chi connectivity index (χ0) is 19.9. The van der Waals surface area contributed by atoms with Crippen LogP contribution in [0.4, 0.5) is 5.69 Å². The highest BCUT2D eigenvalue weighted by Crippen LogP contribution is 2.21. The molecule has 0 radical (unpaired) electrons. The predicted molar refractivity (Wildman–Crippen MR) is 103 cm³/mol. The lowest BCUT2D eigenvalue weighted by atomic mass is 10.1. The molecule has 0 heterocycles. The summed E-state index contributed by atoms with van der Waals surface area (Å²) < 4.78 is 0. The first-order valence-electron chi connectivity index (χ1n) is 8.77. The summed E-state index contributed by atoms with van der Waals surface area (Å²) in [6, 6.07) is 3.42. The van der Waals surface area contributed by atoms with Gasteiger partial charge in [0.05, 0.1) is 13.1 Å². The van der Waals surface area contributed by atoms with Crippen LogP contribution in [0, 0.1) is 20.8 Å². The van der Waals surface area contributed by atoms with E-state index in [9.17, 15) is 14.4 Å². The van der Waals surface area contributed by atoms with Crippen molar-refractivity contribution in [1.82, 2.24) is 15.5 Å². The minimum atomic E-state index is -0.609. The maximum absolute atomic E-state index is 12.3. The predicted octanol–water partition coefficient (Wildman–Crippen LogP) is 1.12. The van der Waals surface area contributed by atoms with Gasteiger partial charge in [-0.25, -0.2) is 0 Å². The van der Waals surface area contributed by atoms with Crippen LogP contribution in [0.2, 0.25) is 0 Å². The van der Waals surface area contributed by atoms with Gasteiger partial charge in [0.25, 0.3) is 0 Å². The Morgan fingerprint density at radius 3 is 2.12 bits per heavy atom. The van der Waals surface area contributed by atoms with E-state index in [1.807, 2.05) is 39.8 Å². The first-order chi connectivity index (χ1) is 12.1. The lowest BCUT2D eigenvalue weighted by molar-refractivity contribution is -0.129. The number of nitrogens with one attached hydrogen (secondary N) is 3. The average Bonchev–Trinajstić information content (AvgIpc) is 2.50. The topological polar surface area (TPSA) is 90.5 Å². The second-order valence-corrected chi connectivity index (χ2v) is 6.68. The van der Waals surface area contributed by atoms with E-state index in [2.05, 4.69) is 16.0 Å². The third-order valence-electron chi connectivity index (χ3n) is 3.89. The molecule has 7 nitrogen and oxygen atoms in total. The third-order valence-corrected chi connectivity index (χ3v) is 3.89. The molecule has 0 aliphatic rings. The van der Waals surface area contributed by atoms with Gasteiger partial charge in [-0.3, -0.25) is 19.3 Å². The average molecular weight is 362 g/mol. The van der Waals surface area contributed by atoms with E-state index >= 15 is 0 Å². The molecular weight excluding hydrogens is 332 g/mol. The molecule has 3 N–H and O–H groups in total. The Bertz CT molecular complexity index is 650. The molecule has 1 aromatic carbocycles. The Hall–Kier alpha value is -2.41. The number of aryl methyl sites for hydroxylation is 3. The molecule has 0 unspecified atom stereocenters. The summed E-state index contributed by atoms with van der Waals surface area (Å²) in [4.78, 5) is 37.5. The van der Waals surface area contributed by atoms with Gasteiger partial charge in [-0.2, -0.15) is 0 Å². The molecule has 0 fully saturated rings. The standard InChI is InChI=1S/C19H30N4O3/c1-7-20-19(26)15(5)21-16(24)10-23(6)11-17(25)22-18-13(3)8-12(2)9-14(18)4/h8-9,15H,7,10-11H2,1-6H3,(H,20,26)(H,21,24)(H,22,25)/t15-/m0/s1. The molecule has 0 saturated heterocycles. The first kappa shape index (κ1) is 21.6. The summed E-state index contributed by atoms with van der Waals surface area (Å²) in [5, 5.41) is 8.17. The van der Waals surface area contributed by atoms with Crippen LogP contribution < -0.4 is 16.0 Å². The Kier molecular flexibility index (Phi) is 8.25. The molecule has 0 aromatic heterocycles. The van der Waals surface area contributed by atoms with Crippen LogP contribution in [0.25, 0.3) is 0 Å². The van der Waals surface area contributed by atoms with Crippen molar-refractivity contribution in [2.24, 2.45) is 0 Å². The second-order valence-electron chi connectivity index (χ2n) is 6.68.